The van der Waals surface area contributed by atoms with Crippen molar-refractivity contribution in [3.63, 3.8) is 0 Å². The largest absolute Gasteiger partial charge is 0.489 e. The standard InChI is InChI=1S/C18H21NO5S/c1-12(2)24-16-8-6-5-7-15(16)19-25(21,22)17-11-14(18(20)23-4)10-9-13(17)3/h5-12,19H,1-4H3. The molecule has 0 fully saturated rings. The maximum atomic E-state index is 12.8. The highest BCUT2D eigenvalue weighted by Crippen LogP contribution is 2.28. The van der Waals surface area contributed by atoms with Gasteiger partial charge in [-0.05, 0) is 50.6 Å². The number of nitrogens with one attached hydrogen (secondary N) is 1. The van der Waals surface area contributed by atoms with Gasteiger partial charge in [-0.3, -0.25) is 4.72 Å². The minimum absolute atomic E-state index is 0.00903. The van der Waals surface area contributed by atoms with E-state index in [4.69, 9.17) is 4.74 Å². The van der Waals surface area contributed by atoms with Crippen LogP contribution < -0.4 is 9.46 Å². The van der Waals surface area contributed by atoms with Gasteiger partial charge in [0.15, 0.2) is 0 Å². The molecule has 134 valence electrons. The van der Waals surface area contributed by atoms with Crippen molar-refractivity contribution < 1.29 is 22.7 Å². The van der Waals surface area contributed by atoms with Crippen LogP contribution in [0.2, 0.25) is 0 Å². The molecular formula is C18H21NO5S. The second kappa shape index (κ2) is 7.57. The van der Waals surface area contributed by atoms with Crippen molar-refractivity contribution in [3.05, 3.63) is 53.6 Å². The highest BCUT2D eigenvalue weighted by atomic mass is 32.2. The summed E-state index contributed by atoms with van der Waals surface area (Å²) in [6.45, 7) is 5.37. The van der Waals surface area contributed by atoms with Crippen molar-refractivity contribution in [3.8, 4) is 5.75 Å². The molecule has 7 heteroatoms. The SMILES string of the molecule is COC(=O)c1ccc(C)c(S(=O)(=O)Nc2ccccc2OC(C)C)c1. The van der Waals surface area contributed by atoms with Crippen LogP contribution in [0.5, 0.6) is 5.75 Å². The lowest BCUT2D eigenvalue weighted by Gasteiger charge is -2.16. The number of esters is 1. The van der Waals surface area contributed by atoms with Gasteiger partial charge >= 0.3 is 5.97 Å². The van der Waals surface area contributed by atoms with Crippen LogP contribution in [-0.2, 0) is 14.8 Å². The quantitative estimate of drug-likeness (QED) is 0.796. The average molecular weight is 363 g/mol. The Balaban J connectivity index is 2.42. The van der Waals surface area contributed by atoms with Gasteiger partial charge in [0.05, 0.1) is 29.4 Å². The van der Waals surface area contributed by atoms with E-state index < -0.39 is 16.0 Å². The number of rotatable bonds is 6. The lowest BCUT2D eigenvalue weighted by molar-refractivity contribution is 0.0600. The lowest BCUT2D eigenvalue weighted by atomic mass is 10.1. The van der Waals surface area contributed by atoms with E-state index in [-0.39, 0.29) is 16.6 Å². The Morgan fingerprint density at radius 3 is 2.44 bits per heavy atom. The summed E-state index contributed by atoms with van der Waals surface area (Å²) in [5.74, 6) is -0.164. The van der Waals surface area contributed by atoms with Crippen LogP contribution in [0.3, 0.4) is 0 Å². The fourth-order valence-electron chi connectivity index (χ4n) is 2.24. The molecule has 6 nitrogen and oxygen atoms in total. The Labute approximate surface area is 147 Å². The molecule has 0 amide bonds. The van der Waals surface area contributed by atoms with E-state index in [9.17, 15) is 13.2 Å². The fourth-order valence-corrected chi connectivity index (χ4v) is 3.58. The molecule has 0 heterocycles. The summed E-state index contributed by atoms with van der Waals surface area (Å²) in [6, 6.07) is 11.2. The van der Waals surface area contributed by atoms with Gasteiger partial charge in [-0.15, -0.1) is 0 Å². The zero-order valence-corrected chi connectivity index (χ0v) is 15.4. The third-order valence-corrected chi connectivity index (χ3v) is 4.90. The van der Waals surface area contributed by atoms with E-state index in [0.29, 0.717) is 17.0 Å². The number of carbonyl (C=O) groups excluding carboxylic acids is 1. The maximum absolute atomic E-state index is 12.8. The summed E-state index contributed by atoms with van der Waals surface area (Å²) >= 11 is 0. The summed E-state index contributed by atoms with van der Waals surface area (Å²) in [4.78, 5) is 11.7. The number of aryl methyl sites for hydroxylation is 1. The summed E-state index contributed by atoms with van der Waals surface area (Å²) in [6.07, 6.45) is -0.102. The molecule has 2 aromatic rings. The van der Waals surface area contributed by atoms with Gasteiger partial charge in [0.25, 0.3) is 10.0 Å². The second-order valence-electron chi connectivity index (χ2n) is 5.74. The van der Waals surface area contributed by atoms with E-state index in [2.05, 4.69) is 9.46 Å². The van der Waals surface area contributed by atoms with E-state index >= 15 is 0 Å². The summed E-state index contributed by atoms with van der Waals surface area (Å²) < 4.78 is 38.4. The second-order valence-corrected chi connectivity index (χ2v) is 7.39. The summed E-state index contributed by atoms with van der Waals surface area (Å²) in [5, 5.41) is 0. The highest BCUT2D eigenvalue weighted by Gasteiger charge is 2.21. The Hall–Kier alpha value is -2.54. The lowest BCUT2D eigenvalue weighted by Crippen LogP contribution is -2.17. The van der Waals surface area contributed by atoms with Crippen LogP contribution in [0.25, 0.3) is 0 Å². The number of anilines is 1. The molecular weight excluding hydrogens is 342 g/mol. The third kappa shape index (κ3) is 4.51. The fraction of sp³-hybridized carbons (Fsp3) is 0.278. The molecule has 2 aromatic carbocycles. The molecule has 0 aromatic heterocycles. The number of hydrogen-bond donors (Lipinski definition) is 1. The maximum Gasteiger partial charge on any atom is 0.337 e. The Kier molecular flexibility index (Phi) is 5.69. The average Bonchev–Trinajstić information content (AvgIpc) is 2.55. The Bertz CT molecular complexity index is 875. The molecule has 1 N–H and O–H groups in total. The monoisotopic (exact) mass is 363 g/mol. The first-order chi connectivity index (χ1) is 11.7. The topological polar surface area (TPSA) is 81.7 Å². The van der Waals surface area contributed by atoms with Gasteiger partial charge in [0, 0.05) is 0 Å². The third-order valence-electron chi connectivity index (χ3n) is 3.39. The van der Waals surface area contributed by atoms with E-state index in [1.165, 1.54) is 19.2 Å². The predicted molar refractivity (Wildman–Crippen MR) is 95.5 cm³/mol. The van der Waals surface area contributed by atoms with E-state index in [1.54, 1.807) is 37.3 Å². The van der Waals surface area contributed by atoms with Crippen LogP contribution in [-0.4, -0.2) is 27.6 Å². The van der Waals surface area contributed by atoms with Gasteiger partial charge in [0.2, 0.25) is 0 Å². The number of carbonyl (C=O) groups is 1. The molecule has 0 spiro atoms. The van der Waals surface area contributed by atoms with Crippen molar-refractivity contribution in [2.75, 3.05) is 11.8 Å². The summed E-state index contributed by atoms with van der Waals surface area (Å²) in [5.41, 5.74) is 1.02. The first kappa shape index (κ1) is 18.8. The zero-order chi connectivity index (χ0) is 18.6. The molecule has 0 saturated heterocycles. The number of ether oxygens (including phenoxy) is 2. The van der Waals surface area contributed by atoms with Gasteiger partial charge in [-0.1, -0.05) is 18.2 Å². The molecule has 0 saturated carbocycles. The summed E-state index contributed by atoms with van der Waals surface area (Å²) in [7, 11) is -2.66. The van der Waals surface area contributed by atoms with Crippen LogP contribution in [0.1, 0.15) is 29.8 Å². The Morgan fingerprint density at radius 1 is 1.12 bits per heavy atom. The first-order valence-electron chi connectivity index (χ1n) is 7.72. The molecule has 0 atom stereocenters. The highest BCUT2D eigenvalue weighted by molar-refractivity contribution is 7.92. The molecule has 0 bridgehead atoms. The zero-order valence-electron chi connectivity index (χ0n) is 14.6. The van der Waals surface area contributed by atoms with Gasteiger partial charge in [-0.2, -0.15) is 0 Å². The predicted octanol–water partition coefficient (Wildman–Crippen LogP) is 3.37. The minimum atomic E-state index is -3.90. The van der Waals surface area contributed by atoms with E-state index in [0.717, 1.165) is 0 Å². The first-order valence-corrected chi connectivity index (χ1v) is 9.20. The van der Waals surface area contributed by atoms with E-state index in [1.807, 2.05) is 13.8 Å². The molecule has 0 aliphatic heterocycles. The van der Waals surface area contributed by atoms with Gasteiger partial charge in [0.1, 0.15) is 5.75 Å². The molecule has 0 aliphatic carbocycles. The van der Waals surface area contributed by atoms with Crippen LogP contribution in [0.15, 0.2) is 47.4 Å². The molecule has 0 unspecified atom stereocenters. The van der Waals surface area contributed by atoms with Crippen molar-refractivity contribution in [2.45, 2.75) is 31.8 Å². The van der Waals surface area contributed by atoms with Crippen molar-refractivity contribution in [1.29, 1.82) is 0 Å². The number of sulfonamides is 1. The minimum Gasteiger partial charge on any atom is -0.489 e. The van der Waals surface area contributed by atoms with Crippen molar-refractivity contribution in [1.82, 2.24) is 0 Å². The van der Waals surface area contributed by atoms with Crippen LogP contribution in [0.4, 0.5) is 5.69 Å². The van der Waals surface area contributed by atoms with Crippen molar-refractivity contribution >= 4 is 21.7 Å². The van der Waals surface area contributed by atoms with Gasteiger partial charge < -0.3 is 9.47 Å². The molecule has 2 rings (SSSR count). The normalized spacial score (nSPS) is 11.2. The smallest absolute Gasteiger partial charge is 0.337 e. The van der Waals surface area contributed by atoms with Gasteiger partial charge in [-0.25, -0.2) is 13.2 Å². The van der Waals surface area contributed by atoms with Crippen LogP contribution >= 0.6 is 0 Å². The molecule has 0 aliphatic rings. The van der Waals surface area contributed by atoms with Crippen molar-refractivity contribution in [2.24, 2.45) is 0 Å². The number of hydrogen-bond acceptors (Lipinski definition) is 5. The number of methoxy groups -OCH3 is 1. The molecule has 0 radical (unpaired) electrons. The Morgan fingerprint density at radius 2 is 1.80 bits per heavy atom. The number of benzene rings is 2. The molecule has 25 heavy (non-hydrogen) atoms. The number of para-hydroxylation sites is 2. The van der Waals surface area contributed by atoms with Crippen LogP contribution in [0, 0.1) is 6.92 Å².